The lowest BCUT2D eigenvalue weighted by molar-refractivity contribution is 0.0637. The number of piperidine rings is 1. The Balaban J connectivity index is 0.00000196. The highest BCUT2D eigenvalue weighted by molar-refractivity contribution is 5.94. The lowest BCUT2D eigenvalue weighted by Gasteiger charge is -2.34. The molecule has 0 aromatic carbocycles. The molecule has 8 nitrogen and oxygen atoms in total. The number of aromatic nitrogens is 3. The summed E-state index contributed by atoms with van der Waals surface area (Å²) in [5.41, 5.74) is -0.347. The molecular formula is C18H27Cl2N5O3. The first-order valence-electron chi connectivity index (χ1n) is 9.04. The van der Waals surface area contributed by atoms with Crippen LogP contribution in [0.25, 0.3) is 11.0 Å². The first-order valence-corrected chi connectivity index (χ1v) is 9.04. The second-order valence-corrected chi connectivity index (χ2v) is 6.75. The number of rotatable bonds is 4. The smallest absolute Gasteiger partial charge is 0.332 e. The van der Waals surface area contributed by atoms with Gasteiger partial charge in [-0.2, -0.15) is 0 Å². The van der Waals surface area contributed by atoms with E-state index in [9.17, 15) is 14.4 Å². The zero-order valence-corrected chi connectivity index (χ0v) is 17.9. The van der Waals surface area contributed by atoms with Crippen molar-refractivity contribution in [3.05, 3.63) is 38.7 Å². The summed E-state index contributed by atoms with van der Waals surface area (Å²) in [4.78, 5) is 43.8. The second-order valence-electron chi connectivity index (χ2n) is 6.75. The topological polar surface area (TPSA) is 89.2 Å². The lowest BCUT2D eigenvalue weighted by atomic mass is 10.0. The molecule has 0 bridgehead atoms. The third-order valence-corrected chi connectivity index (χ3v) is 5.00. The molecule has 1 aliphatic heterocycles. The van der Waals surface area contributed by atoms with Crippen LogP contribution in [0.5, 0.6) is 0 Å². The molecule has 2 aromatic rings. The van der Waals surface area contributed by atoms with E-state index in [1.807, 2.05) is 11.8 Å². The third-order valence-electron chi connectivity index (χ3n) is 5.00. The van der Waals surface area contributed by atoms with Crippen LogP contribution in [0.1, 0.15) is 36.7 Å². The number of pyridine rings is 1. The third kappa shape index (κ3) is 4.39. The van der Waals surface area contributed by atoms with Gasteiger partial charge in [0.1, 0.15) is 11.3 Å². The van der Waals surface area contributed by atoms with Crippen molar-refractivity contribution in [1.82, 2.24) is 24.3 Å². The Kier molecular flexibility index (Phi) is 8.66. The average molecular weight is 432 g/mol. The molecule has 28 heavy (non-hydrogen) atoms. The predicted octanol–water partition coefficient (Wildman–Crippen LogP) is 1.08. The summed E-state index contributed by atoms with van der Waals surface area (Å²) >= 11 is 0. The van der Waals surface area contributed by atoms with E-state index in [1.54, 1.807) is 19.2 Å². The first-order chi connectivity index (χ1) is 12.5. The molecule has 10 heteroatoms. The van der Waals surface area contributed by atoms with Crippen molar-refractivity contribution in [2.45, 2.75) is 32.2 Å². The number of aryl methyl sites for hydroxylation is 1. The van der Waals surface area contributed by atoms with E-state index in [-0.39, 0.29) is 48.1 Å². The monoisotopic (exact) mass is 431 g/mol. The zero-order valence-electron chi connectivity index (χ0n) is 16.3. The number of hydrogen-bond acceptors (Lipinski definition) is 5. The molecule has 1 aliphatic rings. The van der Waals surface area contributed by atoms with Crippen molar-refractivity contribution in [1.29, 1.82) is 0 Å². The highest BCUT2D eigenvalue weighted by Crippen LogP contribution is 2.16. The SMILES string of the molecule is CCCN(C(=O)c1ccc2c(=O)n(C)c(=O)n(C)c2n1)C1CCNCC1.Cl.Cl. The summed E-state index contributed by atoms with van der Waals surface area (Å²) in [6.07, 6.45) is 2.69. The molecule has 156 valence electrons. The number of hydrogen-bond donors (Lipinski definition) is 1. The van der Waals surface area contributed by atoms with Crippen LogP contribution < -0.4 is 16.6 Å². The maximum atomic E-state index is 13.1. The van der Waals surface area contributed by atoms with E-state index in [2.05, 4.69) is 10.3 Å². The van der Waals surface area contributed by atoms with Gasteiger partial charge in [0.2, 0.25) is 0 Å². The van der Waals surface area contributed by atoms with Gasteiger partial charge in [-0.05, 0) is 44.5 Å². The van der Waals surface area contributed by atoms with Gasteiger partial charge in [0, 0.05) is 26.7 Å². The van der Waals surface area contributed by atoms with E-state index in [1.165, 1.54) is 11.6 Å². The van der Waals surface area contributed by atoms with Gasteiger partial charge in [0.25, 0.3) is 11.5 Å². The summed E-state index contributed by atoms with van der Waals surface area (Å²) in [6.45, 7) is 4.50. The van der Waals surface area contributed by atoms with Crippen LogP contribution in [0.4, 0.5) is 0 Å². The van der Waals surface area contributed by atoms with Crippen molar-refractivity contribution >= 4 is 41.8 Å². The molecule has 0 aliphatic carbocycles. The minimum absolute atomic E-state index is 0. The predicted molar refractivity (Wildman–Crippen MR) is 114 cm³/mol. The normalized spacial score (nSPS) is 14.2. The maximum absolute atomic E-state index is 13.1. The summed E-state index contributed by atoms with van der Waals surface area (Å²) < 4.78 is 2.35. The van der Waals surface area contributed by atoms with E-state index in [4.69, 9.17) is 0 Å². The van der Waals surface area contributed by atoms with Crippen LogP contribution in [0, 0.1) is 0 Å². The number of amides is 1. The Morgan fingerprint density at radius 1 is 1.18 bits per heavy atom. The van der Waals surface area contributed by atoms with E-state index < -0.39 is 11.2 Å². The lowest BCUT2D eigenvalue weighted by Crippen LogP contribution is -2.46. The van der Waals surface area contributed by atoms with Gasteiger partial charge in [-0.3, -0.25) is 18.7 Å². The largest absolute Gasteiger partial charge is 0.334 e. The van der Waals surface area contributed by atoms with Crippen molar-refractivity contribution in [3.63, 3.8) is 0 Å². The Morgan fingerprint density at radius 3 is 2.43 bits per heavy atom. The zero-order chi connectivity index (χ0) is 18.8. The van der Waals surface area contributed by atoms with Crippen molar-refractivity contribution in [2.24, 2.45) is 14.1 Å². The van der Waals surface area contributed by atoms with Gasteiger partial charge < -0.3 is 10.2 Å². The van der Waals surface area contributed by atoms with Crippen LogP contribution in [-0.2, 0) is 14.1 Å². The first kappa shape index (κ1) is 24.1. The maximum Gasteiger partial charge on any atom is 0.332 e. The second kappa shape index (κ2) is 10.0. The standard InChI is InChI=1S/C18H25N5O3.2ClH/c1-4-11-23(12-7-9-19-10-8-12)17(25)14-6-5-13-15(20-14)21(2)18(26)22(3)16(13)24;;/h5-6,12,19H,4,7-11H2,1-3H3;2*1H. The average Bonchev–Trinajstić information content (AvgIpc) is 2.68. The minimum atomic E-state index is -0.455. The van der Waals surface area contributed by atoms with Gasteiger partial charge in [0.05, 0.1) is 5.39 Å². The number of nitrogens with zero attached hydrogens (tertiary/aromatic N) is 4. The number of carbonyl (C=O) groups excluding carboxylic acids is 1. The van der Waals surface area contributed by atoms with Crippen LogP contribution in [0.3, 0.4) is 0 Å². The van der Waals surface area contributed by atoms with Crippen LogP contribution in [0.2, 0.25) is 0 Å². The number of nitrogens with one attached hydrogen (secondary N) is 1. The molecule has 0 saturated carbocycles. The van der Waals surface area contributed by atoms with Crippen LogP contribution >= 0.6 is 24.8 Å². The summed E-state index contributed by atoms with van der Waals surface area (Å²) in [7, 11) is 2.99. The van der Waals surface area contributed by atoms with E-state index in [0.29, 0.717) is 11.9 Å². The Hall–Kier alpha value is -1.90. The molecule has 0 atom stereocenters. The summed E-state index contributed by atoms with van der Waals surface area (Å²) in [6, 6.07) is 3.36. The molecule has 0 unspecified atom stereocenters. The van der Waals surface area contributed by atoms with E-state index >= 15 is 0 Å². The van der Waals surface area contributed by atoms with Crippen molar-refractivity contribution < 1.29 is 4.79 Å². The van der Waals surface area contributed by atoms with Crippen molar-refractivity contribution in [2.75, 3.05) is 19.6 Å². The molecule has 2 aromatic heterocycles. The molecular weight excluding hydrogens is 405 g/mol. The number of carbonyl (C=O) groups is 1. The quantitative estimate of drug-likeness (QED) is 0.781. The summed E-state index contributed by atoms with van der Waals surface area (Å²) in [5.74, 6) is -0.145. The molecule has 1 amide bonds. The Morgan fingerprint density at radius 2 is 1.82 bits per heavy atom. The molecule has 0 spiro atoms. The van der Waals surface area contributed by atoms with Gasteiger partial charge in [-0.1, -0.05) is 6.92 Å². The Bertz CT molecular complexity index is 951. The fourth-order valence-electron chi connectivity index (χ4n) is 3.53. The molecule has 3 rings (SSSR count). The molecule has 1 N–H and O–H groups in total. The number of fused-ring (bicyclic) bond motifs is 1. The highest BCUT2D eigenvalue weighted by atomic mass is 35.5. The molecule has 3 heterocycles. The fourth-order valence-corrected chi connectivity index (χ4v) is 3.53. The van der Waals surface area contributed by atoms with Gasteiger partial charge in [0.15, 0.2) is 0 Å². The Labute approximate surface area is 175 Å². The van der Waals surface area contributed by atoms with Crippen molar-refractivity contribution in [3.8, 4) is 0 Å². The van der Waals surface area contributed by atoms with Gasteiger partial charge in [-0.25, -0.2) is 9.78 Å². The van der Waals surface area contributed by atoms with Gasteiger partial charge in [-0.15, -0.1) is 24.8 Å². The van der Waals surface area contributed by atoms with Crippen LogP contribution in [0.15, 0.2) is 21.7 Å². The van der Waals surface area contributed by atoms with Gasteiger partial charge >= 0.3 is 5.69 Å². The molecule has 1 fully saturated rings. The minimum Gasteiger partial charge on any atom is -0.334 e. The van der Waals surface area contributed by atoms with E-state index in [0.717, 1.165) is 36.9 Å². The number of halogens is 2. The summed E-state index contributed by atoms with van der Waals surface area (Å²) in [5, 5.41) is 3.64. The highest BCUT2D eigenvalue weighted by Gasteiger charge is 2.26. The molecule has 0 radical (unpaired) electrons. The molecule has 1 saturated heterocycles. The van der Waals surface area contributed by atoms with Crippen LogP contribution in [-0.4, -0.2) is 50.6 Å². The fraction of sp³-hybridized carbons (Fsp3) is 0.556.